The van der Waals surface area contributed by atoms with E-state index in [1.807, 2.05) is 42.1 Å². The van der Waals surface area contributed by atoms with E-state index in [0.717, 1.165) is 16.5 Å². The van der Waals surface area contributed by atoms with Crippen LogP contribution in [0.5, 0.6) is 0 Å². The summed E-state index contributed by atoms with van der Waals surface area (Å²) in [5, 5.41) is 3.63. The summed E-state index contributed by atoms with van der Waals surface area (Å²) < 4.78 is 1.96. The smallest absolute Gasteiger partial charge is 0.265 e. The van der Waals surface area contributed by atoms with E-state index in [4.69, 9.17) is 12.2 Å². The maximum atomic E-state index is 12.5. The number of aryl methyl sites for hydroxylation is 1. The molecule has 1 aromatic heterocycles. The molecule has 1 aromatic carbocycles. The largest absolute Gasteiger partial charge is 0.350 e. The molecule has 0 saturated carbocycles. The van der Waals surface area contributed by atoms with E-state index in [1.54, 1.807) is 12.2 Å². The van der Waals surface area contributed by atoms with Crippen molar-refractivity contribution in [2.75, 3.05) is 6.54 Å². The Bertz CT molecular complexity index is 879. The van der Waals surface area contributed by atoms with E-state index >= 15 is 0 Å². The van der Waals surface area contributed by atoms with Crippen LogP contribution in [0.25, 0.3) is 17.0 Å². The molecule has 1 fully saturated rings. The van der Waals surface area contributed by atoms with Gasteiger partial charge in [0.05, 0.1) is 0 Å². The number of carbonyl (C=O) groups is 2. The van der Waals surface area contributed by atoms with Crippen molar-refractivity contribution < 1.29 is 9.59 Å². The van der Waals surface area contributed by atoms with E-state index in [-0.39, 0.29) is 17.2 Å². The highest BCUT2D eigenvalue weighted by Gasteiger charge is 2.32. The van der Waals surface area contributed by atoms with Gasteiger partial charge in [0, 0.05) is 36.3 Å². The third kappa shape index (κ3) is 2.57. The van der Waals surface area contributed by atoms with Crippen LogP contribution in [0.3, 0.4) is 0 Å². The lowest BCUT2D eigenvalue weighted by Crippen LogP contribution is -2.53. The van der Waals surface area contributed by atoms with Crippen LogP contribution in [0.1, 0.15) is 5.56 Å². The Balaban J connectivity index is 2.09. The number of benzene rings is 1. The van der Waals surface area contributed by atoms with Gasteiger partial charge in [-0.3, -0.25) is 19.8 Å². The average Bonchev–Trinajstić information content (AvgIpc) is 2.85. The molecule has 116 valence electrons. The average molecular weight is 325 g/mol. The van der Waals surface area contributed by atoms with Gasteiger partial charge in [-0.2, -0.15) is 0 Å². The minimum Gasteiger partial charge on any atom is -0.350 e. The van der Waals surface area contributed by atoms with E-state index in [1.165, 1.54) is 4.90 Å². The number of aromatic nitrogens is 1. The van der Waals surface area contributed by atoms with Crippen LogP contribution < -0.4 is 5.32 Å². The molecular formula is C17H15N3O2S. The third-order valence-electron chi connectivity index (χ3n) is 3.73. The predicted molar refractivity (Wildman–Crippen MR) is 93.5 cm³/mol. The zero-order valence-corrected chi connectivity index (χ0v) is 13.4. The summed E-state index contributed by atoms with van der Waals surface area (Å²) in [5.41, 5.74) is 1.91. The molecule has 23 heavy (non-hydrogen) atoms. The van der Waals surface area contributed by atoms with Crippen LogP contribution in [0.2, 0.25) is 0 Å². The number of carbonyl (C=O) groups excluding carboxylic acids is 2. The molecule has 2 aromatic rings. The Morgan fingerprint density at radius 2 is 2.04 bits per heavy atom. The van der Waals surface area contributed by atoms with Gasteiger partial charge in [-0.1, -0.05) is 24.3 Å². The van der Waals surface area contributed by atoms with Gasteiger partial charge in [-0.25, -0.2) is 0 Å². The fraction of sp³-hybridized carbons (Fsp3) is 0.118. The molecule has 2 heterocycles. The molecule has 5 nitrogen and oxygen atoms in total. The fourth-order valence-electron chi connectivity index (χ4n) is 2.63. The summed E-state index contributed by atoms with van der Waals surface area (Å²) in [6.07, 6.45) is 5.07. The van der Waals surface area contributed by atoms with E-state index in [9.17, 15) is 9.59 Å². The first-order chi connectivity index (χ1) is 11.0. The van der Waals surface area contributed by atoms with Crippen LogP contribution in [0.4, 0.5) is 0 Å². The Morgan fingerprint density at radius 3 is 2.78 bits per heavy atom. The van der Waals surface area contributed by atoms with Gasteiger partial charge in [0.15, 0.2) is 5.11 Å². The molecule has 0 atom stereocenters. The molecule has 3 rings (SSSR count). The number of rotatable bonds is 3. The van der Waals surface area contributed by atoms with Crippen molar-refractivity contribution in [1.82, 2.24) is 14.8 Å². The molecule has 0 aliphatic carbocycles. The van der Waals surface area contributed by atoms with Crippen molar-refractivity contribution in [2.24, 2.45) is 7.05 Å². The molecular weight excluding hydrogens is 310 g/mol. The molecule has 1 saturated heterocycles. The Kier molecular flexibility index (Phi) is 3.83. The van der Waals surface area contributed by atoms with Crippen LogP contribution in [0, 0.1) is 0 Å². The van der Waals surface area contributed by atoms with Crippen LogP contribution in [0.15, 0.2) is 48.7 Å². The van der Waals surface area contributed by atoms with Gasteiger partial charge in [0.1, 0.15) is 5.57 Å². The molecule has 6 heteroatoms. The summed E-state index contributed by atoms with van der Waals surface area (Å²) in [7, 11) is 1.92. The predicted octanol–water partition coefficient (Wildman–Crippen LogP) is 1.99. The van der Waals surface area contributed by atoms with Gasteiger partial charge >= 0.3 is 0 Å². The minimum absolute atomic E-state index is 0.0665. The normalized spacial score (nSPS) is 17.0. The summed E-state index contributed by atoms with van der Waals surface area (Å²) in [5.74, 6) is -0.889. The Morgan fingerprint density at radius 1 is 1.30 bits per heavy atom. The molecule has 0 spiro atoms. The summed E-state index contributed by atoms with van der Waals surface area (Å²) >= 11 is 5.04. The Labute approximate surface area is 138 Å². The molecule has 0 unspecified atom stereocenters. The lowest BCUT2D eigenvalue weighted by molar-refractivity contribution is -0.128. The highest BCUT2D eigenvalue weighted by Crippen LogP contribution is 2.24. The van der Waals surface area contributed by atoms with Crippen LogP contribution >= 0.6 is 12.2 Å². The van der Waals surface area contributed by atoms with E-state index < -0.39 is 11.8 Å². The lowest BCUT2D eigenvalue weighted by atomic mass is 10.1. The van der Waals surface area contributed by atoms with Crippen molar-refractivity contribution in [3.05, 3.63) is 54.3 Å². The van der Waals surface area contributed by atoms with E-state index in [0.29, 0.717) is 0 Å². The van der Waals surface area contributed by atoms with Crippen LogP contribution in [-0.4, -0.2) is 32.9 Å². The first kappa shape index (κ1) is 15.2. The standard InChI is InChI=1S/C17H15N3O2S/c1-3-8-20-16(22)13(15(21)18-17(20)23)9-11-10-19(2)14-7-5-4-6-12(11)14/h3-7,9-10H,1,8H2,2H3,(H,18,21,23). The molecule has 2 amide bonds. The number of para-hydroxylation sites is 1. The number of amides is 2. The number of hydrogen-bond acceptors (Lipinski definition) is 3. The second-order valence-corrected chi connectivity index (χ2v) is 5.62. The Hall–Kier alpha value is -2.73. The first-order valence-corrected chi connectivity index (χ1v) is 7.47. The summed E-state index contributed by atoms with van der Waals surface area (Å²) in [4.78, 5) is 26.0. The van der Waals surface area contributed by atoms with Crippen molar-refractivity contribution in [2.45, 2.75) is 0 Å². The highest BCUT2D eigenvalue weighted by atomic mass is 32.1. The molecule has 1 N–H and O–H groups in total. The maximum absolute atomic E-state index is 12.5. The van der Waals surface area contributed by atoms with E-state index in [2.05, 4.69) is 11.9 Å². The molecule has 0 radical (unpaired) electrons. The topological polar surface area (TPSA) is 54.3 Å². The molecule has 1 aliphatic heterocycles. The van der Waals surface area contributed by atoms with Crippen LogP contribution in [-0.2, 0) is 16.6 Å². The third-order valence-corrected chi connectivity index (χ3v) is 4.05. The lowest BCUT2D eigenvalue weighted by Gasteiger charge is -2.27. The zero-order valence-electron chi connectivity index (χ0n) is 12.6. The van der Waals surface area contributed by atoms with Gasteiger partial charge < -0.3 is 4.57 Å². The maximum Gasteiger partial charge on any atom is 0.265 e. The quantitative estimate of drug-likeness (QED) is 0.406. The zero-order chi connectivity index (χ0) is 16.6. The SMILES string of the molecule is C=CCN1C(=O)C(=Cc2cn(C)c3ccccc23)C(=O)NC1=S. The minimum atomic E-state index is -0.478. The molecule has 0 bridgehead atoms. The fourth-order valence-corrected chi connectivity index (χ4v) is 2.88. The van der Waals surface area contributed by atoms with Gasteiger partial charge in [0.25, 0.3) is 11.8 Å². The second-order valence-electron chi connectivity index (χ2n) is 5.23. The second kappa shape index (κ2) is 5.81. The summed E-state index contributed by atoms with van der Waals surface area (Å²) in [6, 6.07) is 7.81. The number of fused-ring (bicyclic) bond motifs is 1. The van der Waals surface area contributed by atoms with Gasteiger partial charge in [-0.05, 0) is 24.4 Å². The number of hydrogen-bond donors (Lipinski definition) is 1. The van der Waals surface area contributed by atoms with Crippen molar-refractivity contribution in [3.8, 4) is 0 Å². The first-order valence-electron chi connectivity index (χ1n) is 7.06. The van der Waals surface area contributed by atoms with Gasteiger partial charge in [0.2, 0.25) is 0 Å². The van der Waals surface area contributed by atoms with Crippen molar-refractivity contribution >= 4 is 46.1 Å². The molecule has 1 aliphatic rings. The highest BCUT2D eigenvalue weighted by molar-refractivity contribution is 7.80. The van der Waals surface area contributed by atoms with Gasteiger partial charge in [-0.15, -0.1) is 6.58 Å². The summed E-state index contributed by atoms with van der Waals surface area (Å²) in [6.45, 7) is 3.86. The number of nitrogens with one attached hydrogen (secondary N) is 1. The van der Waals surface area contributed by atoms with Crippen molar-refractivity contribution in [3.63, 3.8) is 0 Å². The van der Waals surface area contributed by atoms with Crippen molar-refractivity contribution in [1.29, 1.82) is 0 Å². The number of thiocarbonyl (C=S) groups is 1. The monoisotopic (exact) mass is 325 g/mol. The number of nitrogens with zero attached hydrogens (tertiary/aromatic N) is 2.